The summed E-state index contributed by atoms with van der Waals surface area (Å²) in [5.41, 5.74) is 3.27. The largest absolute Gasteiger partial charge is 0.471 e. The molecule has 0 bridgehead atoms. The summed E-state index contributed by atoms with van der Waals surface area (Å²) in [6.45, 7) is 4.08. The Morgan fingerprint density at radius 1 is 1.26 bits per heavy atom. The lowest BCUT2D eigenvalue weighted by Crippen LogP contribution is -2.60. The molecule has 1 fully saturated rings. The number of aliphatic hydroxyl groups is 4. The molecular formula is C26H33N3O9. The van der Waals surface area contributed by atoms with E-state index in [4.69, 9.17) is 18.9 Å². The molecule has 12 heteroatoms. The number of hydrogen-bond donors (Lipinski definition) is 6. The third kappa shape index (κ3) is 4.73. The number of hydrogen-bond acceptors (Lipinski definition) is 11. The molecule has 2 aromatic heterocycles. The van der Waals surface area contributed by atoms with Crippen molar-refractivity contribution < 1.29 is 44.2 Å². The number of carbonyl (C=O) groups is 1. The number of aromatic amines is 1. The van der Waals surface area contributed by atoms with Crippen LogP contribution in [-0.4, -0.2) is 93.6 Å². The Labute approximate surface area is 218 Å². The van der Waals surface area contributed by atoms with Gasteiger partial charge in [0.2, 0.25) is 6.29 Å². The molecule has 206 valence electrons. The number of pyridine rings is 1. The monoisotopic (exact) mass is 531 g/mol. The van der Waals surface area contributed by atoms with Gasteiger partial charge in [-0.05, 0) is 37.1 Å². The van der Waals surface area contributed by atoms with E-state index in [1.807, 2.05) is 12.1 Å². The molecule has 6 N–H and O–H groups in total. The van der Waals surface area contributed by atoms with E-state index >= 15 is 0 Å². The number of H-pyrrole nitrogens is 1. The molecule has 3 aliphatic rings. The maximum atomic E-state index is 12.7. The second-order valence-corrected chi connectivity index (χ2v) is 9.73. The molecule has 12 nitrogen and oxygen atoms in total. The predicted octanol–water partition coefficient (Wildman–Crippen LogP) is -0.212. The van der Waals surface area contributed by atoms with Gasteiger partial charge >= 0.3 is 5.97 Å². The highest BCUT2D eigenvalue weighted by Crippen LogP contribution is 2.41. The maximum Gasteiger partial charge on any atom is 0.337 e. The number of nitrogens with one attached hydrogen (secondary N) is 2. The van der Waals surface area contributed by atoms with Gasteiger partial charge in [-0.15, -0.1) is 6.58 Å². The number of ether oxygens (including phenoxy) is 4. The van der Waals surface area contributed by atoms with E-state index in [2.05, 4.69) is 21.9 Å². The van der Waals surface area contributed by atoms with Crippen molar-refractivity contribution in [3.8, 4) is 0 Å². The van der Waals surface area contributed by atoms with Crippen molar-refractivity contribution in [2.45, 2.75) is 55.9 Å². The molecule has 1 saturated heterocycles. The Morgan fingerprint density at radius 2 is 2.08 bits per heavy atom. The highest BCUT2D eigenvalue weighted by atomic mass is 16.8. The van der Waals surface area contributed by atoms with Crippen LogP contribution in [0.4, 0.5) is 0 Å². The number of methoxy groups -OCH3 is 1. The Kier molecular flexibility index (Phi) is 7.82. The second kappa shape index (κ2) is 11.1. The summed E-state index contributed by atoms with van der Waals surface area (Å²) >= 11 is 0. The fourth-order valence-electron chi connectivity index (χ4n) is 5.62. The minimum absolute atomic E-state index is 0.153. The summed E-state index contributed by atoms with van der Waals surface area (Å²) < 4.78 is 22.2. The van der Waals surface area contributed by atoms with Crippen LogP contribution in [0.3, 0.4) is 0 Å². The minimum atomic E-state index is -1.60. The molecule has 5 heterocycles. The summed E-state index contributed by atoms with van der Waals surface area (Å²) in [5.74, 6) is -1.61. The van der Waals surface area contributed by atoms with Crippen molar-refractivity contribution in [1.82, 2.24) is 15.3 Å². The summed E-state index contributed by atoms with van der Waals surface area (Å²) in [6.07, 6.45) is -2.43. The number of aliphatic hydroxyl groups excluding tert-OH is 4. The molecule has 0 aromatic carbocycles. The van der Waals surface area contributed by atoms with Crippen LogP contribution in [0.25, 0.3) is 11.0 Å². The number of nitrogens with zero attached hydrogens (tertiary/aromatic N) is 1. The van der Waals surface area contributed by atoms with E-state index in [1.54, 1.807) is 12.3 Å². The topological polar surface area (TPSA) is 176 Å². The highest BCUT2D eigenvalue weighted by Gasteiger charge is 2.48. The zero-order chi connectivity index (χ0) is 27.0. The van der Waals surface area contributed by atoms with Crippen LogP contribution in [0.15, 0.2) is 42.8 Å². The number of esters is 1. The van der Waals surface area contributed by atoms with Crippen molar-refractivity contribution in [3.05, 3.63) is 54.1 Å². The first-order valence-corrected chi connectivity index (χ1v) is 12.6. The Morgan fingerprint density at radius 3 is 2.82 bits per heavy atom. The lowest BCUT2D eigenvalue weighted by Gasteiger charge is -2.43. The van der Waals surface area contributed by atoms with Crippen LogP contribution in [0.1, 0.15) is 23.7 Å². The van der Waals surface area contributed by atoms with Gasteiger partial charge in [0.05, 0.1) is 25.6 Å². The fraction of sp³-hybridized carbons (Fsp3) is 0.538. The normalized spacial score (nSPS) is 35.2. The molecule has 2 aromatic rings. The first-order valence-electron chi connectivity index (χ1n) is 12.6. The molecule has 38 heavy (non-hydrogen) atoms. The van der Waals surface area contributed by atoms with Crippen molar-refractivity contribution >= 4 is 17.0 Å². The third-order valence-electron chi connectivity index (χ3n) is 7.63. The molecule has 0 unspecified atom stereocenters. The molecule has 0 spiro atoms. The number of aromatic nitrogens is 2. The van der Waals surface area contributed by atoms with Gasteiger partial charge in [-0.1, -0.05) is 6.08 Å². The lowest BCUT2D eigenvalue weighted by atomic mass is 9.78. The fourth-order valence-corrected chi connectivity index (χ4v) is 5.62. The predicted molar refractivity (Wildman–Crippen MR) is 132 cm³/mol. The SMILES string of the molecule is C=C[C@H]1[C@H](O[C@H]2O[C@H](CO)[C@@H](O)[C@H](O)[C@H]2O)OC=C(C(=O)OC)[C@H]1C[C@@H]1NCCc2c1[nH]c1ncccc21. The average Bonchev–Trinajstić information content (AvgIpc) is 3.33. The quantitative estimate of drug-likeness (QED) is 0.206. The van der Waals surface area contributed by atoms with Crippen LogP contribution in [-0.2, 0) is 30.2 Å². The molecule has 3 aliphatic heterocycles. The lowest BCUT2D eigenvalue weighted by molar-refractivity contribution is -0.339. The summed E-state index contributed by atoms with van der Waals surface area (Å²) in [5, 5.41) is 44.8. The molecular weight excluding hydrogens is 498 g/mol. The van der Waals surface area contributed by atoms with Gasteiger partial charge in [0.15, 0.2) is 6.29 Å². The van der Waals surface area contributed by atoms with E-state index in [0.717, 1.165) is 29.7 Å². The van der Waals surface area contributed by atoms with Crippen LogP contribution in [0, 0.1) is 11.8 Å². The zero-order valence-corrected chi connectivity index (χ0v) is 20.9. The van der Waals surface area contributed by atoms with E-state index in [0.29, 0.717) is 12.0 Å². The zero-order valence-electron chi connectivity index (χ0n) is 20.9. The van der Waals surface area contributed by atoms with Gasteiger partial charge in [0, 0.05) is 35.2 Å². The van der Waals surface area contributed by atoms with Gasteiger partial charge in [0.1, 0.15) is 30.1 Å². The van der Waals surface area contributed by atoms with Gasteiger partial charge in [-0.2, -0.15) is 0 Å². The first-order chi connectivity index (χ1) is 18.4. The van der Waals surface area contributed by atoms with E-state index in [1.165, 1.54) is 18.9 Å². The molecule has 0 saturated carbocycles. The Hall–Kier alpha value is -2.84. The average molecular weight is 532 g/mol. The highest BCUT2D eigenvalue weighted by molar-refractivity contribution is 5.89. The van der Waals surface area contributed by atoms with Gasteiger partial charge < -0.3 is 49.7 Å². The van der Waals surface area contributed by atoms with Crippen LogP contribution >= 0.6 is 0 Å². The third-order valence-corrected chi connectivity index (χ3v) is 7.63. The molecule has 0 amide bonds. The van der Waals surface area contributed by atoms with Gasteiger partial charge in [0.25, 0.3) is 0 Å². The number of fused-ring (bicyclic) bond motifs is 3. The minimum Gasteiger partial charge on any atom is -0.471 e. The Bertz CT molecular complexity index is 1200. The maximum absolute atomic E-state index is 12.7. The van der Waals surface area contributed by atoms with Gasteiger partial charge in [-0.3, -0.25) is 0 Å². The first kappa shape index (κ1) is 26.8. The smallest absolute Gasteiger partial charge is 0.337 e. The van der Waals surface area contributed by atoms with Crippen LogP contribution < -0.4 is 5.32 Å². The van der Waals surface area contributed by atoms with Crippen LogP contribution in [0.5, 0.6) is 0 Å². The molecule has 5 rings (SSSR count). The molecule has 0 aliphatic carbocycles. The summed E-state index contributed by atoms with van der Waals surface area (Å²) in [4.78, 5) is 20.6. The number of carbonyl (C=O) groups excluding carboxylic acids is 1. The Balaban J connectivity index is 1.43. The van der Waals surface area contributed by atoms with E-state index in [-0.39, 0.29) is 6.04 Å². The summed E-state index contributed by atoms with van der Waals surface area (Å²) in [7, 11) is 1.29. The van der Waals surface area contributed by atoms with Crippen LogP contribution in [0.2, 0.25) is 0 Å². The second-order valence-electron chi connectivity index (χ2n) is 9.73. The summed E-state index contributed by atoms with van der Waals surface area (Å²) in [6, 6.07) is 3.78. The number of rotatable bonds is 7. The molecule has 0 radical (unpaired) electrons. The van der Waals surface area contributed by atoms with E-state index < -0.39 is 61.4 Å². The standard InChI is InChI=1S/C26H33N3O9/c1-3-12-15(9-17-19-13(6-8-27-17)14-5-4-7-28-23(14)29-19)16(24(34)35-2)11-36-25(12)38-26-22(33)21(32)20(31)18(10-30)37-26/h3-5,7,11-12,15,17-18,20-22,25-27,30-33H,1,6,8-10H2,2H3,(H,28,29)/t12-,15+,17+,18-,20-,21+,22-,25+,26-/m1/s1. The molecule has 9 atom stereocenters. The van der Waals surface area contributed by atoms with Crippen molar-refractivity contribution in [2.24, 2.45) is 11.8 Å². The van der Waals surface area contributed by atoms with Crippen molar-refractivity contribution in [1.29, 1.82) is 0 Å². The van der Waals surface area contributed by atoms with Crippen molar-refractivity contribution in [2.75, 3.05) is 20.3 Å². The van der Waals surface area contributed by atoms with Gasteiger partial charge in [-0.25, -0.2) is 9.78 Å². The van der Waals surface area contributed by atoms with E-state index in [9.17, 15) is 25.2 Å². The van der Waals surface area contributed by atoms with Crippen molar-refractivity contribution in [3.63, 3.8) is 0 Å².